The lowest BCUT2D eigenvalue weighted by molar-refractivity contribution is 0.252. The molecule has 82 valence electrons. The van der Waals surface area contributed by atoms with Crippen molar-refractivity contribution in [3.8, 4) is 0 Å². The van der Waals surface area contributed by atoms with Crippen molar-refractivity contribution >= 4 is 12.0 Å². The van der Waals surface area contributed by atoms with Gasteiger partial charge in [0, 0.05) is 6.54 Å². The number of hydrogen-bond donors (Lipinski definition) is 3. The van der Waals surface area contributed by atoms with Crippen LogP contribution >= 0.6 is 0 Å². The topological polar surface area (TPSA) is 82.7 Å². The van der Waals surface area contributed by atoms with Crippen molar-refractivity contribution < 1.29 is 4.79 Å². The number of allylic oxidation sites excluding steroid dienone is 1. The molecule has 0 aliphatic carbocycles. The Bertz CT molecular complexity index is 319. The van der Waals surface area contributed by atoms with Gasteiger partial charge in [-0.25, -0.2) is 9.89 Å². The highest BCUT2D eigenvalue weighted by molar-refractivity contribution is 5.87. The summed E-state index contributed by atoms with van der Waals surface area (Å²) in [4.78, 5) is 15.0. The standard InChI is InChI=1S/C9H15N5O/c1-7(2)4-3-5-10-9(15)13-8-11-6-12-14-8/h6H,1,3-5H2,2H3,(H3,10,11,12,13,14,15). The van der Waals surface area contributed by atoms with Crippen LogP contribution in [0, 0.1) is 0 Å². The SMILES string of the molecule is C=C(C)CCCNC(=O)Nc1ncn[nH]1. The molecule has 0 unspecified atom stereocenters. The van der Waals surface area contributed by atoms with Crippen LogP contribution in [0.2, 0.25) is 0 Å². The second-order valence-corrected chi connectivity index (χ2v) is 3.28. The number of nitrogens with zero attached hydrogens (tertiary/aromatic N) is 2. The third-order valence-electron chi connectivity index (χ3n) is 1.71. The van der Waals surface area contributed by atoms with Gasteiger partial charge < -0.3 is 5.32 Å². The van der Waals surface area contributed by atoms with E-state index in [0.29, 0.717) is 12.5 Å². The number of carbonyl (C=O) groups excluding carboxylic acids is 1. The number of aromatic nitrogens is 3. The van der Waals surface area contributed by atoms with Gasteiger partial charge in [-0.1, -0.05) is 5.57 Å². The summed E-state index contributed by atoms with van der Waals surface area (Å²) < 4.78 is 0. The minimum atomic E-state index is -0.284. The molecule has 0 fully saturated rings. The Hall–Kier alpha value is -1.85. The molecule has 1 aromatic heterocycles. The van der Waals surface area contributed by atoms with Crippen molar-refractivity contribution in [1.29, 1.82) is 0 Å². The molecule has 6 heteroatoms. The van der Waals surface area contributed by atoms with Crippen LogP contribution in [-0.4, -0.2) is 27.8 Å². The number of anilines is 1. The summed E-state index contributed by atoms with van der Waals surface area (Å²) in [7, 11) is 0. The van der Waals surface area contributed by atoms with E-state index >= 15 is 0 Å². The van der Waals surface area contributed by atoms with Gasteiger partial charge in [-0.05, 0) is 19.8 Å². The van der Waals surface area contributed by atoms with E-state index in [1.807, 2.05) is 6.92 Å². The maximum atomic E-state index is 11.2. The maximum Gasteiger partial charge on any atom is 0.321 e. The van der Waals surface area contributed by atoms with Gasteiger partial charge in [0.05, 0.1) is 0 Å². The molecule has 0 atom stereocenters. The van der Waals surface area contributed by atoms with Crippen LogP contribution in [0.1, 0.15) is 19.8 Å². The Morgan fingerprint density at radius 2 is 2.47 bits per heavy atom. The molecule has 3 N–H and O–H groups in total. The van der Waals surface area contributed by atoms with Crippen LogP contribution in [0.25, 0.3) is 0 Å². The summed E-state index contributed by atoms with van der Waals surface area (Å²) in [5.41, 5.74) is 1.12. The van der Waals surface area contributed by atoms with Crippen molar-refractivity contribution in [2.75, 3.05) is 11.9 Å². The monoisotopic (exact) mass is 209 g/mol. The van der Waals surface area contributed by atoms with Crippen LogP contribution in [-0.2, 0) is 0 Å². The van der Waals surface area contributed by atoms with Crippen molar-refractivity contribution in [1.82, 2.24) is 20.5 Å². The first-order valence-electron chi connectivity index (χ1n) is 4.73. The second kappa shape index (κ2) is 5.79. The summed E-state index contributed by atoms with van der Waals surface area (Å²) in [5.74, 6) is 0.340. The van der Waals surface area contributed by atoms with Crippen LogP contribution < -0.4 is 10.6 Å². The molecule has 15 heavy (non-hydrogen) atoms. The highest BCUT2D eigenvalue weighted by Crippen LogP contribution is 1.98. The molecule has 2 amide bonds. The molecule has 0 aliphatic rings. The second-order valence-electron chi connectivity index (χ2n) is 3.28. The zero-order chi connectivity index (χ0) is 11.1. The quantitative estimate of drug-likeness (QED) is 0.504. The van der Waals surface area contributed by atoms with E-state index in [1.54, 1.807) is 0 Å². The molecule has 0 spiro atoms. The van der Waals surface area contributed by atoms with E-state index in [4.69, 9.17) is 0 Å². The summed E-state index contributed by atoms with van der Waals surface area (Å²) in [6, 6.07) is -0.284. The number of carbonyl (C=O) groups is 1. The highest BCUT2D eigenvalue weighted by atomic mass is 16.2. The van der Waals surface area contributed by atoms with Gasteiger partial charge in [-0.2, -0.15) is 10.1 Å². The minimum absolute atomic E-state index is 0.284. The van der Waals surface area contributed by atoms with E-state index in [1.165, 1.54) is 6.33 Å². The zero-order valence-corrected chi connectivity index (χ0v) is 8.71. The molecule has 1 heterocycles. The fraction of sp³-hybridized carbons (Fsp3) is 0.444. The first kappa shape index (κ1) is 11.2. The number of hydrogen-bond acceptors (Lipinski definition) is 3. The van der Waals surface area contributed by atoms with Crippen LogP contribution in [0.3, 0.4) is 0 Å². The van der Waals surface area contributed by atoms with E-state index in [-0.39, 0.29) is 6.03 Å². The van der Waals surface area contributed by atoms with E-state index < -0.39 is 0 Å². The fourth-order valence-corrected chi connectivity index (χ4v) is 1.01. The number of nitrogens with one attached hydrogen (secondary N) is 3. The molecule has 6 nitrogen and oxygen atoms in total. The van der Waals surface area contributed by atoms with Crippen LogP contribution in [0.15, 0.2) is 18.5 Å². The van der Waals surface area contributed by atoms with E-state index in [2.05, 4.69) is 32.4 Å². The summed E-state index contributed by atoms with van der Waals surface area (Å²) in [5, 5.41) is 11.3. The molecule has 0 radical (unpaired) electrons. The van der Waals surface area contributed by atoms with Gasteiger partial charge in [0.1, 0.15) is 6.33 Å². The van der Waals surface area contributed by atoms with Gasteiger partial charge >= 0.3 is 6.03 Å². The van der Waals surface area contributed by atoms with E-state index in [9.17, 15) is 4.79 Å². The molecule has 0 saturated carbocycles. The van der Waals surface area contributed by atoms with Crippen molar-refractivity contribution in [3.63, 3.8) is 0 Å². The minimum Gasteiger partial charge on any atom is -0.338 e. The first-order valence-corrected chi connectivity index (χ1v) is 4.73. The molecular formula is C9H15N5O. The molecule has 0 aromatic carbocycles. The molecular weight excluding hydrogens is 194 g/mol. The summed E-state index contributed by atoms with van der Waals surface area (Å²) in [6.45, 7) is 6.37. The average molecular weight is 209 g/mol. The average Bonchev–Trinajstić information content (AvgIpc) is 2.64. The lowest BCUT2D eigenvalue weighted by Gasteiger charge is -2.04. The fourth-order valence-electron chi connectivity index (χ4n) is 1.01. The first-order chi connectivity index (χ1) is 7.18. The lowest BCUT2D eigenvalue weighted by Crippen LogP contribution is -2.29. The largest absolute Gasteiger partial charge is 0.338 e. The van der Waals surface area contributed by atoms with Gasteiger partial charge in [0.25, 0.3) is 0 Å². The molecule has 0 bridgehead atoms. The van der Waals surface area contributed by atoms with Crippen LogP contribution in [0.5, 0.6) is 0 Å². The molecule has 1 rings (SSSR count). The highest BCUT2D eigenvalue weighted by Gasteiger charge is 2.01. The van der Waals surface area contributed by atoms with Crippen molar-refractivity contribution in [3.05, 3.63) is 18.5 Å². The van der Waals surface area contributed by atoms with Gasteiger partial charge in [-0.15, -0.1) is 6.58 Å². The Morgan fingerprint density at radius 1 is 1.67 bits per heavy atom. The Balaban J connectivity index is 2.11. The molecule has 0 saturated heterocycles. The van der Waals surface area contributed by atoms with Crippen molar-refractivity contribution in [2.45, 2.75) is 19.8 Å². The Labute approximate surface area is 88.2 Å². The number of rotatable bonds is 5. The number of H-pyrrole nitrogens is 1. The molecule has 1 aromatic rings. The predicted molar refractivity (Wildman–Crippen MR) is 57.5 cm³/mol. The van der Waals surface area contributed by atoms with Crippen LogP contribution in [0.4, 0.5) is 10.7 Å². The lowest BCUT2D eigenvalue weighted by atomic mass is 10.2. The Kier molecular flexibility index (Phi) is 4.33. The number of aromatic amines is 1. The smallest absolute Gasteiger partial charge is 0.321 e. The van der Waals surface area contributed by atoms with Gasteiger partial charge in [0.15, 0.2) is 0 Å². The third-order valence-corrected chi connectivity index (χ3v) is 1.71. The normalized spacial score (nSPS) is 9.67. The maximum absolute atomic E-state index is 11.2. The number of amides is 2. The Morgan fingerprint density at radius 3 is 3.07 bits per heavy atom. The van der Waals surface area contributed by atoms with Crippen molar-refractivity contribution in [2.24, 2.45) is 0 Å². The number of urea groups is 1. The summed E-state index contributed by atoms with van der Waals surface area (Å²) in [6.07, 6.45) is 3.14. The van der Waals surface area contributed by atoms with E-state index in [0.717, 1.165) is 18.4 Å². The third kappa shape index (κ3) is 4.80. The summed E-state index contributed by atoms with van der Waals surface area (Å²) >= 11 is 0. The predicted octanol–water partition coefficient (Wildman–Crippen LogP) is 1.28. The molecule has 0 aliphatic heterocycles. The van der Waals surface area contributed by atoms with Gasteiger partial charge in [0.2, 0.25) is 5.95 Å². The van der Waals surface area contributed by atoms with Gasteiger partial charge in [-0.3, -0.25) is 5.32 Å². The zero-order valence-electron chi connectivity index (χ0n) is 8.71.